The summed E-state index contributed by atoms with van der Waals surface area (Å²) < 4.78 is 14.7. The van der Waals surface area contributed by atoms with E-state index in [9.17, 15) is 4.79 Å². The van der Waals surface area contributed by atoms with Gasteiger partial charge in [0.25, 0.3) is 5.56 Å². The molecule has 1 aliphatic heterocycles. The van der Waals surface area contributed by atoms with Crippen LogP contribution in [0.2, 0.25) is 0 Å². The van der Waals surface area contributed by atoms with Crippen LogP contribution >= 0.6 is 0 Å². The summed E-state index contributed by atoms with van der Waals surface area (Å²) in [6, 6.07) is 0.392. The molecule has 1 saturated carbocycles. The quantitative estimate of drug-likeness (QED) is 0.853. The van der Waals surface area contributed by atoms with Gasteiger partial charge in [-0.2, -0.15) is 0 Å². The summed E-state index contributed by atoms with van der Waals surface area (Å²) in [5.41, 5.74) is 0.397. The first kappa shape index (κ1) is 16.6. The fourth-order valence-electron chi connectivity index (χ4n) is 3.86. The first-order valence-electron chi connectivity index (χ1n) is 9.32. The zero-order valence-electron chi connectivity index (χ0n) is 15.0. The van der Waals surface area contributed by atoms with Gasteiger partial charge >= 0.3 is 6.01 Å². The molecule has 4 rings (SSSR count). The predicted molar refractivity (Wildman–Crippen MR) is 93.1 cm³/mol. The van der Waals surface area contributed by atoms with Gasteiger partial charge in [0, 0.05) is 26.2 Å². The van der Waals surface area contributed by atoms with Crippen molar-refractivity contribution in [2.75, 3.05) is 13.2 Å². The summed E-state index contributed by atoms with van der Waals surface area (Å²) in [6.07, 6.45) is 7.96. The molecule has 2 fully saturated rings. The number of nitrogens with zero attached hydrogens (tertiary/aromatic N) is 4. The minimum absolute atomic E-state index is 0.111. The standard InChI is InChI=1S/C18H26N4O3/c1-12-3-5-14(6-4-12)25-18-20-22-15(17(23)21(18)2)11-19-16(22)13-7-9-24-10-8-13/h11-14H,3-10H2,1-2H3/t12-,14-. The van der Waals surface area contributed by atoms with Gasteiger partial charge in [0.05, 0.1) is 6.20 Å². The number of rotatable bonds is 3. The van der Waals surface area contributed by atoms with Crippen molar-refractivity contribution >= 4 is 5.52 Å². The van der Waals surface area contributed by atoms with Gasteiger partial charge in [-0.15, -0.1) is 5.10 Å². The lowest BCUT2D eigenvalue weighted by Gasteiger charge is -2.27. The minimum atomic E-state index is -0.111. The molecule has 0 atom stereocenters. The molecule has 0 bridgehead atoms. The molecule has 7 heteroatoms. The van der Waals surface area contributed by atoms with Crippen LogP contribution < -0.4 is 10.3 Å². The van der Waals surface area contributed by atoms with Crippen LogP contribution in [0.5, 0.6) is 6.01 Å². The van der Waals surface area contributed by atoms with Crippen molar-refractivity contribution in [3.8, 4) is 6.01 Å². The van der Waals surface area contributed by atoms with Crippen LogP contribution in [0.3, 0.4) is 0 Å². The smallest absolute Gasteiger partial charge is 0.317 e. The maximum Gasteiger partial charge on any atom is 0.317 e. The highest BCUT2D eigenvalue weighted by molar-refractivity contribution is 5.43. The van der Waals surface area contributed by atoms with Gasteiger partial charge in [-0.25, -0.2) is 9.50 Å². The van der Waals surface area contributed by atoms with E-state index in [1.54, 1.807) is 17.8 Å². The van der Waals surface area contributed by atoms with Crippen LogP contribution in [0.25, 0.3) is 5.52 Å². The highest BCUT2D eigenvalue weighted by atomic mass is 16.5. The van der Waals surface area contributed by atoms with Gasteiger partial charge in [-0.3, -0.25) is 9.36 Å². The predicted octanol–water partition coefficient (Wildman–Crippen LogP) is 2.28. The summed E-state index contributed by atoms with van der Waals surface area (Å²) in [5, 5.41) is 4.64. The van der Waals surface area contributed by atoms with Crippen molar-refractivity contribution in [1.82, 2.24) is 19.2 Å². The Morgan fingerprint density at radius 1 is 1.16 bits per heavy atom. The number of fused-ring (bicyclic) bond motifs is 1. The average Bonchev–Trinajstić information content (AvgIpc) is 3.06. The second-order valence-corrected chi connectivity index (χ2v) is 7.45. The number of aromatic nitrogens is 4. The Morgan fingerprint density at radius 3 is 2.60 bits per heavy atom. The Bertz CT molecular complexity index is 798. The minimum Gasteiger partial charge on any atom is -0.460 e. The van der Waals surface area contributed by atoms with Gasteiger partial charge < -0.3 is 9.47 Å². The Kier molecular flexibility index (Phi) is 4.50. The monoisotopic (exact) mass is 346 g/mol. The Hall–Kier alpha value is -1.89. The van der Waals surface area contributed by atoms with Crippen molar-refractivity contribution in [3.05, 3.63) is 22.4 Å². The summed E-state index contributed by atoms with van der Waals surface area (Å²) in [6.45, 7) is 3.74. The molecule has 136 valence electrons. The van der Waals surface area contributed by atoms with E-state index in [0.717, 1.165) is 50.6 Å². The molecule has 2 aliphatic rings. The van der Waals surface area contributed by atoms with Crippen LogP contribution in [0.4, 0.5) is 0 Å². The van der Waals surface area contributed by atoms with E-state index in [0.29, 0.717) is 11.5 Å². The summed E-state index contributed by atoms with van der Waals surface area (Å²) >= 11 is 0. The number of imidazole rings is 1. The van der Waals surface area contributed by atoms with Crippen molar-refractivity contribution in [1.29, 1.82) is 0 Å². The normalized spacial score (nSPS) is 25.4. The van der Waals surface area contributed by atoms with E-state index < -0.39 is 0 Å². The topological polar surface area (TPSA) is 70.7 Å². The molecule has 0 aromatic carbocycles. The van der Waals surface area contributed by atoms with Crippen LogP contribution in [0.15, 0.2) is 11.0 Å². The third-order valence-electron chi connectivity index (χ3n) is 5.58. The molecular formula is C18H26N4O3. The fourth-order valence-corrected chi connectivity index (χ4v) is 3.86. The first-order valence-corrected chi connectivity index (χ1v) is 9.32. The molecule has 0 radical (unpaired) electrons. The van der Waals surface area contributed by atoms with E-state index >= 15 is 0 Å². The van der Waals surface area contributed by atoms with Crippen LogP contribution in [-0.4, -0.2) is 38.5 Å². The van der Waals surface area contributed by atoms with E-state index in [-0.39, 0.29) is 17.6 Å². The number of hydrogen-bond donors (Lipinski definition) is 0. The van der Waals surface area contributed by atoms with Crippen LogP contribution in [0.1, 0.15) is 57.2 Å². The molecule has 25 heavy (non-hydrogen) atoms. The van der Waals surface area contributed by atoms with Crippen molar-refractivity contribution in [3.63, 3.8) is 0 Å². The highest BCUT2D eigenvalue weighted by Gasteiger charge is 2.25. The number of ether oxygens (including phenoxy) is 2. The zero-order valence-corrected chi connectivity index (χ0v) is 15.0. The molecule has 1 aliphatic carbocycles. The molecule has 0 unspecified atom stereocenters. The lowest BCUT2D eigenvalue weighted by atomic mass is 9.89. The fraction of sp³-hybridized carbons (Fsp3) is 0.722. The second kappa shape index (κ2) is 6.78. The summed E-state index contributed by atoms with van der Waals surface area (Å²) in [4.78, 5) is 17.2. The van der Waals surface area contributed by atoms with Gasteiger partial charge in [0.2, 0.25) is 0 Å². The third-order valence-corrected chi connectivity index (χ3v) is 5.58. The Morgan fingerprint density at radius 2 is 1.88 bits per heavy atom. The molecule has 2 aromatic heterocycles. The Balaban J connectivity index is 1.67. The lowest BCUT2D eigenvalue weighted by Crippen LogP contribution is -2.29. The van der Waals surface area contributed by atoms with Crippen molar-refractivity contribution < 1.29 is 9.47 Å². The summed E-state index contributed by atoms with van der Waals surface area (Å²) in [5.74, 6) is 1.88. The van der Waals surface area contributed by atoms with Gasteiger partial charge in [-0.05, 0) is 44.4 Å². The van der Waals surface area contributed by atoms with E-state index in [4.69, 9.17) is 9.47 Å². The molecule has 2 aromatic rings. The third kappa shape index (κ3) is 3.17. The van der Waals surface area contributed by atoms with Gasteiger partial charge in [0.15, 0.2) is 5.52 Å². The number of hydrogen-bond acceptors (Lipinski definition) is 5. The molecule has 0 N–H and O–H groups in total. The SMILES string of the molecule is Cn1c(O[C@H]2CC[C@H](C)CC2)nn2c(C3CCOCC3)ncc2c1=O. The van der Waals surface area contributed by atoms with E-state index in [1.165, 1.54) is 17.4 Å². The molecule has 1 saturated heterocycles. The first-order chi connectivity index (χ1) is 12.1. The largest absolute Gasteiger partial charge is 0.460 e. The van der Waals surface area contributed by atoms with E-state index in [2.05, 4.69) is 17.0 Å². The molecular weight excluding hydrogens is 320 g/mol. The van der Waals surface area contributed by atoms with Gasteiger partial charge in [0.1, 0.15) is 11.9 Å². The van der Waals surface area contributed by atoms with E-state index in [1.807, 2.05) is 0 Å². The van der Waals surface area contributed by atoms with Crippen molar-refractivity contribution in [2.24, 2.45) is 13.0 Å². The summed E-state index contributed by atoms with van der Waals surface area (Å²) in [7, 11) is 1.72. The maximum atomic E-state index is 12.7. The van der Waals surface area contributed by atoms with Crippen LogP contribution in [-0.2, 0) is 11.8 Å². The second-order valence-electron chi connectivity index (χ2n) is 7.45. The molecule has 7 nitrogen and oxygen atoms in total. The van der Waals surface area contributed by atoms with Crippen molar-refractivity contribution in [2.45, 2.75) is 57.5 Å². The van der Waals surface area contributed by atoms with Gasteiger partial charge in [-0.1, -0.05) is 6.92 Å². The zero-order chi connectivity index (χ0) is 17.4. The molecule has 3 heterocycles. The van der Waals surface area contributed by atoms with Crippen LogP contribution in [0, 0.1) is 5.92 Å². The maximum absolute atomic E-state index is 12.7. The molecule has 0 amide bonds. The highest BCUT2D eigenvalue weighted by Crippen LogP contribution is 2.28. The average molecular weight is 346 g/mol. The Labute approximate surface area is 147 Å². The molecule has 0 spiro atoms. The lowest BCUT2D eigenvalue weighted by molar-refractivity contribution is 0.0830.